The van der Waals surface area contributed by atoms with Crippen LogP contribution in [0, 0.1) is 0 Å². The summed E-state index contributed by atoms with van der Waals surface area (Å²) in [6, 6.07) is 12.3. The molecule has 0 aromatic heterocycles. The second-order valence-electron chi connectivity index (χ2n) is 7.54. The van der Waals surface area contributed by atoms with Gasteiger partial charge in [0, 0.05) is 19.0 Å². The number of halogens is 2. The molecule has 27 heavy (non-hydrogen) atoms. The van der Waals surface area contributed by atoms with E-state index in [4.69, 9.17) is 0 Å². The van der Waals surface area contributed by atoms with Gasteiger partial charge in [0.15, 0.2) is 9.84 Å². The number of benzene rings is 2. The van der Waals surface area contributed by atoms with E-state index < -0.39 is 27.2 Å². The maximum Gasteiger partial charge on any atom is 0.258 e. The van der Waals surface area contributed by atoms with E-state index in [2.05, 4.69) is 0 Å². The van der Waals surface area contributed by atoms with E-state index in [1.807, 2.05) is 0 Å². The lowest BCUT2D eigenvalue weighted by atomic mass is 9.96. The number of fused-ring (bicyclic) bond motifs is 1. The summed E-state index contributed by atoms with van der Waals surface area (Å²) in [5.41, 5.74) is 0.282. The summed E-state index contributed by atoms with van der Waals surface area (Å²) in [7, 11) is -1.86. The maximum absolute atomic E-state index is 13.5. The average Bonchev–Trinajstić information content (AvgIpc) is 3.04. The lowest BCUT2D eigenvalue weighted by Crippen LogP contribution is -2.32. The van der Waals surface area contributed by atoms with Crippen molar-refractivity contribution in [3.05, 3.63) is 65.2 Å². The van der Waals surface area contributed by atoms with Crippen LogP contribution in [0.4, 0.5) is 8.78 Å². The van der Waals surface area contributed by atoms with Crippen molar-refractivity contribution in [2.45, 2.75) is 35.6 Å². The molecule has 142 valence electrons. The number of sulfone groups is 1. The summed E-state index contributed by atoms with van der Waals surface area (Å²) in [6.45, 7) is 1.51. The highest BCUT2D eigenvalue weighted by molar-refractivity contribution is 7.91. The Bertz CT molecular complexity index is 1030. The molecule has 1 aliphatic carbocycles. The largest absolute Gasteiger partial charge is 0.334 e. The molecule has 2 atom stereocenters. The van der Waals surface area contributed by atoms with Crippen LogP contribution in [0.2, 0.25) is 0 Å². The van der Waals surface area contributed by atoms with Gasteiger partial charge < -0.3 is 4.90 Å². The van der Waals surface area contributed by atoms with Gasteiger partial charge in [0.05, 0.1) is 22.1 Å². The first kappa shape index (κ1) is 18.1. The molecule has 2 aromatic carbocycles. The molecule has 0 spiro atoms. The number of alkyl halides is 2. The molecule has 0 radical (unpaired) electrons. The summed E-state index contributed by atoms with van der Waals surface area (Å²) < 4.78 is 51.8. The van der Waals surface area contributed by atoms with E-state index in [1.54, 1.807) is 43.4 Å². The zero-order valence-electron chi connectivity index (χ0n) is 14.9. The van der Waals surface area contributed by atoms with Crippen LogP contribution in [-0.2, 0) is 15.3 Å². The average molecular weight is 391 g/mol. The van der Waals surface area contributed by atoms with Crippen LogP contribution in [0.1, 0.15) is 40.9 Å². The molecular formula is C20H19F2NO3S. The zero-order chi connectivity index (χ0) is 19.6. The van der Waals surface area contributed by atoms with E-state index in [1.165, 1.54) is 24.0 Å². The van der Waals surface area contributed by atoms with Crippen molar-refractivity contribution in [2.75, 3.05) is 12.8 Å². The molecule has 0 N–H and O–H groups in total. The molecule has 1 saturated carbocycles. The van der Waals surface area contributed by atoms with Crippen molar-refractivity contribution < 1.29 is 22.0 Å². The molecular weight excluding hydrogens is 372 g/mol. The van der Waals surface area contributed by atoms with Gasteiger partial charge in [0.2, 0.25) is 0 Å². The Morgan fingerprint density at radius 3 is 2.30 bits per heavy atom. The minimum absolute atomic E-state index is 0.156. The molecule has 4 rings (SSSR count). The molecule has 2 aliphatic rings. The normalized spacial score (nSPS) is 27.0. The standard InChI is InChI=1S/C20H19F2NO3S/c1-19(12-20(19,21)22)14-9-7-13(8-10-14)18(24)23(2)16-11-27(25,26)17-6-4-3-5-15(16)17/h3-10,16H,11-12H2,1-2H3. The number of hydrogen-bond acceptors (Lipinski definition) is 3. The minimum atomic E-state index is -3.42. The SMILES string of the molecule is CN(C(=O)c1ccc(C2(C)CC2(F)F)cc1)C1CS(=O)(=O)c2ccccc21. The number of rotatable bonds is 3. The maximum atomic E-state index is 13.5. The molecule has 2 unspecified atom stereocenters. The minimum Gasteiger partial charge on any atom is -0.334 e. The van der Waals surface area contributed by atoms with Crippen molar-refractivity contribution in [3.8, 4) is 0 Å². The second kappa shape index (κ2) is 5.61. The molecule has 7 heteroatoms. The van der Waals surface area contributed by atoms with Crippen molar-refractivity contribution >= 4 is 15.7 Å². The Labute approximate surface area is 156 Å². The fourth-order valence-electron chi connectivity index (χ4n) is 3.79. The molecule has 2 aromatic rings. The fraction of sp³-hybridized carbons (Fsp3) is 0.350. The molecule has 1 aliphatic heterocycles. The highest BCUT2D eigenvalue weighted by Crippen LogP contribution is 2.61. The zero-order valence-corrected chi connectivity index (χ0v) is 15.8. The summed E-state index contributed by atoms with van der Waals surface area (Å²) in [5.74, 6) is -3.21. The van der Waals surface area contributed by atoms with Gasteiger partial charge in [0.25, 0.3) is 11.8 Å². The van der Waals surface area contributed by atoms with Crippen LogP contribution in [0.3, 0.4) is 0 Å². The highest BCUT2D eigenvalue weighted by Gasteiger charge is 2.68. The van der Waals surface area contributed by atoms with Gasteiger partial charge in [0.1, 0.15) is 0 Å². The first-order chi connectivity index (χ1) is 12.6. The molecule has 4 nitrogen and oxygen atoms in total. The van der Waals surface area contributed by atoms with Crippen LogP contribution in [0.5, 0.6) is 0 Å². The highest BCUT2D eigenvalue weighted by atomic mass is 32.2. The summed E-state index contributed by atoms with van der Waals surface area (Å²) in [4.78, 5) is 14.5. The molecule has 0 bridgehead atoms. The fourth-order valence-corrected chi connectivity index (χ4v) is 5.63. The van der Waals surface area contributed by atoms with Crippen LogP contribution in [0.15, 0.2) is 53.4 Å². The van der Waals surface area contributed by atoms with Gasteiger partial charge in [-0.25, -0.2) is 17.2 Å². The van der Waals surface area contributed by atoms with Gasteiger partial charge in [-0.15, -0.1) is 0 Å². The van der Waals surface area contributed by atoms with Crippen LogP contribution >= 0.6 is 0 Å². The van der Waals surface area contributed by atoms with Gasteiger partial charge >= 0.3 is 0 Å². The molecule has 0 saturated heterocycles. The van der Waals surface area contributed by atoms with Gasteiger partial charge in [-0.1, -0.05) is 30.3 Å². The quantitative estimate of drug-likeness (QED) is 0.804. The lowest BCUT2D eigenvalue weighted by Gasteiger charge is -2.24. The van der Waals surface area contributed by atoms with Gasteiger partial charge in [-0.2, -0.15) is 0 Å². The third-order valence-electron chi connectivity index (χ3n) is 5.81. The van der Waals surface area contributed by atoms with Crippen molar-refractivity contribution in [3.63, 3.8) is 0 Å². The van der Waals surface area contributed by atoms with E-state index in [9.17, 15) is 22.0 Å². The number of amides is 1. The Balaban J connectivity index is 1.59. The Morgan fingerprint density at radius 2 is 1.70 bits per heavy atom. The number of carbonyl (C=O) groups excluding carboxylic acids is 1. The Hall–Kier alpha value is -2.28. The van der Waals surface area contributed by atoms with Crippen molar-refractivity contribution in [2.24, 2.45) is 0 Å². The Kier molecular flexibility index (Phi) is 3.76. The van der Waals surface area contributed by atoms with E-state index in [0.717, 1.165) is 0 Å². The Morgan fingerprint density at radius 1 is 1.11 bits per heavy atom. The first-order valence-corrected chi connectivity index (χ1v) is 10.3. The third-order valence-corrected chi connectivity index (χ3v) is 7.60. The number of hydrogen-bond donors (Lipinski definition) is 0. The third kappa shape index (κ3) is 2.67. The number of nitrogens with zero attached hydrogens (tertiary/aromatic N) is 1. The van der Waals surface area contributed by atoms with E-state index >= 15 is 0 Å². The summed E-state index contributed by atoms with van der Waals surface area (Å²) in [5, 5.41) is 0. The van der Waals surface area contributed by atoms with E-state index in [0.29, 0.717) is 16.7 Å². The first-order valence-electron chi connectivity index (χ1n) is 8.64. The topological polar surface area (TPSA) is 54.5 Å². The molecule has 1 heterocycles. The molecule has 1 amide bonds. The summed E-state index contributed by atoms with van der Waals surface area (Å²) >= 11 is 0. The summed E-state index contributed by atoms with van der Waals surface area (Å²) in [6.07, 6.45) is -0.191. The lowest BCUT2D eigenvalue weighted by molar-refractivity contribution is 0.0746. The van der Waals surface area contributed by atoms with Crippen molar-refractivity contribution in [1.82, 2.24) is 4.90 Å². The van der Waals surface area contributed by atoms with Crippen LogP contribution in [-0.4, -0.2) is 37.9 Å². The molecule has 1 fully saturated rings. The predicted molar refractivity (Wildman–Crippen MR) is 96.7 cm³/mol. The predicted octanol–water partition coefficient (Wildman–Crippen LogP) is 3.58. The second-order valence-corrected chi connectivity index (χ2v) is 9.54. The van der Waals surface area contributed by atoms with Crippen molar-refractivity contribution in [1.29, 1.82) is 0 Å². The number of carbonyl (C=O) groups is 1. The van der Waals surface area contributed by atoms with E-state index in [-0.39, 0.29) is 23.0 Å². The smallest absolute Gasteiger partial charge is 0.258 e. The van der Waals surface area contributed by atoms with Gasteiger partial charge in [-0.05, 0) is 36.2 Å². The van der Waals surface area contributed by atoms with Crippen LogP contribution < -0.4 is 0 Å². The monoisotopic (exact) mass is 391 g/mol. The van der Waals surface area contributed by atoms with Gasteiger partial charge in [-0.3, -0.25) is 4.79 Å². The van der Waals surface area contributed by atoms with Crippen LogP contribution in [0.25, 0.3) is 0 Å².